The number of fused-ring (bicyclic) bond motifs is 1. The summed E-state index contributed by atoms with van der Waals surface area (Å²) in [4.78, 5) is 28.6. The number of para-hydroxylation sites is 1. The summed E-state index contributed by atoms with van der Waals surface area (Å²) in [6, 6.07) is 10.1. The van der Waals surface area contributed by atoms with E-state index in [2.05, 4.69) is 15.0 Å². The number of ether oxygens (including phenoxy) is 1. The second-order valence-electron chi connectivity index (χ2n) is 8.35. The Morgan fingerprint density at radius 3 is 2.47 bits per heavy atom. The summed E-state index contributed by atoms with van der Waals surface area (Å²) < 4.78 is 6.64. The second kappa shape index (κ2) is 8.26. The summed E-state index contributed by atoms with van der Waals surface area (Å²) >= 11 is 5.45. The number of hydrogen-bond acceptors (Lipinski definition) is 4. The van der Waals surface area contributed by atoms with Crippen molar-refractivity contribution in [2.75, 3.05) is 39.8 Å². The summed E-state index contributed by atoms with van der Waals surface area (Å²) in [5.74, 6) is -0.222. The molecule has 2 aliphatic rings. The Bertz CT molecular complexity index is 978. The Morgan fingerprint density at radius 2 is 1.80 bits per heavy atom. The molecule has 0 unspecified atom stereocenters. The zero-order valence-electron chi connectivity index (χ0n) is 17.5. The number of aryl methyl sites for hydroxylation is 1. The van der Waals surface area contributed by atoms with Gasteiger partial charge in [-0.15, -0.1) is 0 Å². The SMILES string of the molecule is COC(=O)CNC(=S)N1CCC2(CCN(C(=O)c3cc4ccccc4n3C)CC2)C1. The standard InChI is InChI=1S/C22H28N4O3S/c1-24-17-6-4-3-5-16(17)13-18(24)20(28)25-10-7-22(8-11-25)9-12-26(15-22)21(30)23-14-19(27)29-2/h3-6,13H,7-12,14-15H2,1-2H3,(H,23,30). The van der Waals surface area contributed by atoms with Gasteiger partial charge in [-0.05, 0) is 49.0 Å². The second-order valence-corrected chi connectivity index (χ2v) is 8.73. The molecule has 1 aromatic carbocycles. The molecule has 8 heteroatoms. The average Bonchev–Trinajstić information content (AvgIpc) is 3.33. The number of carbonyl (C=O) groups excluding carboxylic acids is 2. The van der Waals surface area contributed by atoms with E-state index in [1.165, 1.54) is 7.11 Å². The van der Waals surface area contributed by atoms with E-state index in [-0.39, 0.29) is 23.8 Å². The monoisotopic (exact) mass is 428 g/mol. The quantitative estimate of drug-likeness (QED) is 0.597. The summed E-state index contributed by atoms with van der Waals surface area (Å²) in [5.41, 5.74) is 2.01. The molecule has 4 rings (SSSR count). The van der Waals surface area contributed by atoms with Crippen molar-refractivity contribution in [2.24, 2.45) is 12.5 Å². The molecule has 2 saturated heterocycles. The first-order chi connectivity index (χ1) is 14.4. The largest absolute Gasteiger partial charge is 0.468 e. The molecule has 0 bridgehead atoms. The molecule has 2 aliphatic heterocycles. The summed E-state index contributed by atoms with van der Waals surface area (Å²) in [6.45, 7) is 3.36. The average molecular weight is 429 g/mol. The van der Waals surface area contributed by atoms with Crippen LogP contribution in [0.15, 0.2) is 30.3 Å². The number of thiocarbonyl (C=S) groups is 1. The Kier molecular flexibility index (Phi) is 5.69. The van der Waals surface area contributed by atoms with Gasteiger partial charge >= 0.3 is 5.97 Å². The van der Waals surface area contributed by atoms with Crippen LogP contribution in [0.1, 0.15) is 29.8 Å². The lowest BCUT2D eigenvalue weighted by Crippen LogP contribution is -2.46. The fraction of sp³-hybridized carbons (Fsp3) is 0.500. The highest BCUT2D eigenvalue weighted by atomic mass is 32.1. The van der Waals surface area contributed by atoms with Gasteiger partial charge in [-0.2, -0.15) is 0 Å². The van der Waals surface area contributed by atoms with E-state index in [1.54, 1.807) is 0 Å². The lowest BCUT2D eigenvalue weighted by atomic mass is 9.77. The molecule has 2 fully saturated rings. The van der Waals surface area contributed by atoms with E-state index in [9.17, 15) is 9.59 Å². The van der Waals surface area contributed by atoms with Crippen LogP contribution in [0.3, 0.4) is 0 Å². The minimum Gasteiger partial charge on any atom is -0.468 e. The molecule has 0 atom stereocenters. The van der Waals surface area contributed by atoms with Gasteiger partial charge in [-0.1, -0.05) is 18.2 Å². The van der Waals surface area contributed by atoms with Crippen molar-refractivity contribution in [1.29, 1.82) is 0 Å². The number of benzene rings is 1. The van der Waals surface area contributed by atoms with Crippen LogP contribution in [-0.4, -0.2) is 71.2 Å². The normalized spacial score (nSPS) is 18.1. The zero-order chi connectivity index (χ0) is 21.3. The maximum atomic E-state index is 13.2. The van der Waals surface area contributed by atoms with Gasteiger partial charge in [0.25, 0.3) is 5.91 Å². The van der Waals surface area contributed by atoms with Gasteiger partial charge in [0.1, 0.15) is 12.2 Å². The minimum absolute atomic E-state index is 0.0894. The first-order valence-electron chi connectivity index (χ1n) is 10.4. The van der Waals surface area contributed by atoms with Gasteiger partial charge in [0.2, 0.25) is 0 Å². The van der Waals surface area contributed by atoms with Crippen LogP contribution >= 0.6 is 12.2 Å². The van der Waals surface area contributed by atoms with Gasteiger partial charge in [-0.25, -0.2) is 0 Å². The third-order valence-corrected chi connectivity index (χ3v) is 7.02. The Labute approximate surface area is 181 Å². The highest BCUT2D eigenvalue weighted by molar-refractivity contribution is 7.80. The molecule has 0 radical (unpaired) electrons. The number of likely N-dealkylation sites (tertiary alicyclic amines) is 2. The molecule has 30 heavy (non-hydrogen) atoms. The van der Waals surface area contributed by atoms with Crippen molar-refractivity contribution in [3.63, 3.8) is 0 Å². The molecule has 1 spiro atoms. The van der Waals surface area contributed by atoms with Gasteiger partial charge < -0.3 is 24.4 Å². The van der Waals surface area contributed by atoms with Crippen molar-refractivity contribution in [3.05, 3.63) is 36.0 Å². The van der Waals surface area contributed by atoms with E-state index in [1.807, 2.05) is 46.8 Å². The van der Waals surface area contributed by atoms with Crippen molar-refractivity contribution in [2.45, 2.75) is 19.3 Å². The number of amides is 1. The predicted octanol–water partition coefficient (Wildman–Crippen LogP) is 2.15. The molecular weight excluding hydrogens is 400 g/mol. The maximum Gasteiger partial charge on any atom is 0.325 e. The number of nitrogens with zero attached hydrogens (tertiary/aromatic N) is 3. The number of esters is 1. The topological polar surface area (TPSA) is 66.8 Å². The molecule has 0 aliphatic carbocycles. The van der Waals surface area contributed by atoms with E-state index >= 15 is 0 Å². The smallest absolute Gasteiger partial charge is 0.325 e. The third kappa shape index (κ3) is 3.88. The summed E-state index contributed by atoms with van der Waals surface area (Å²) in [6.07, 6.45) is 3.00. The van der Waals surface area contributed by atoms with Crippen molar-refractivity contribution in [3.8, 4) is 0 Å². The summed E-state index contributed by atoms with van der Waals surface area (Å²) in [5, 5.41) is 4.68. The zero-order valence-corrected chi connectivity index (χ0v) is 18.3. The highest BCUT2D eigenvalue weighted by Gasteiger charge is 2.42. The van der Waals surface area contributed by atoms with Crippen LogP contribution in [0, 0.1) is 5.41 Å². The first-order valence-corrected chi connectivity index (χ1v) is 10.8. The van der Waals surface area contributed by atoms with Crippen LogP contribution < -0.4 is 5.32 Å². The molecule has 2 aromatic rings. The maximum absolute atomic E-state index is 13.2. The molecule has 0 saturated carbocycles. The molecule has 3 heterocycles. The van der Waals surface area contributed by atoms with Crippen LogP contribution in [0.25, 0.3) is 10.9 Å². The van der Waals surface area contributed by atoms with Crippen LogP contribution in [-0.2, 0) is 16.6 Å². The van der Waals surface area contributed by atoms with Gasteiger partial charge in [0, 0.05) is 44.1 Å². The van der Waals surface area contributed by atoms with Crippen LogP contribution in [0.2, 0.25) is 0 Å². The van der Waals surface area contributed by atoms with Crippen LogP contribution in [0.4, 0.5) is 0 Å². The van der Waals surface area contributed by atoms with Gasteiger partial charge in [-0.3, -0.25) is 9.59 Å². The number of aromatic nitrogens is 1. The van der Waals surface area contributed by atoms with Crippen LogP contribution in [0.5, 0.6) is 0 Å². The van der Waals surface area contributed by atoms with Crippen molar-refractivity contribution >= 4 is 40.1 Å². The third-order valence-electron chi connectivity index (χ3n) is 6.62. The van der Waals surface area contributed by atoms with E-state index in [0.717, 1.165) is 62.0 Å². The Balaban J connectivity index is 1.35. The lowest BCUT2D eigenvalue weighted by Gasteiger charge is -2.39. The van der Waals surface area contributed by atoms with E-state index < -0.39 is 0 Å². The van der Waals surface area contributed by atoms with Gasteiger partial charge in [0.05, 0.1) is 7.11 Å². The fourth-order valence-electron chi connectivity index (χ4n) is 4.69. The predicted molar refractivity (Wildman–Crippen MR) is 119 cm³/mol. The Hall–Kier alpha value is -2.61. The fourth-order valence-corrected chi connectivity index (χ4v) is 4.92. The number of carbonyl (C=O) groups is 2. The number of piperidine rings is 1. The molecule has 160 valence electrons. The molecule has 7 nitrogen and oxygen atoms in total. The highest BCUT2D eigenvalue weighted by Crippen LogP contribution is 2.40. The van der Waals surface area contributed by atoms with Gasteiger partial charge in [0.15, 0.2) is 5.11 Å². The molecular formula is C22H28N4O3S. The van der Waals surface area contributed by atoms with E-state index in [0.29, 0.717) is 5.11 Å². The molecule has 1 aromatic heterocycles. The first kappa shape index (κ1) is 20.7. The minimum atomic E-state index is -0.327. The van der Waals surface area contributed by atoms with Crippen molar-refractivity contribution in [1.82, 2.24) is 19.7 Å². The lowest BCUT2D eigenvalue weighted by molar-refractivity contribution is -0.139. The Morgan fingerprint density at radius 1 is 1.13 bits per heavy atom. The molecule has 1 amide bonds. The molecule has 1 N–H and O–H groups in total. The number of hydrogen-bond donors (Lipinski definition) is 1. The van der Waals surface area contributed by atoms with E-state index in [4.69, 9.17) is 12.2 Å². The number of nitrogens with one attached hydrogen (secondary N) is 1. The number of methoxy groups -OCH3 is 1. The van der Waals surface area contributed by atoms with Crippen molar-refractivity contribution < 1.29 is 14.3 Å². The number of rotatable bonds is 3. The summed E-state index contributed by atoms with van der Waals surface area (Å²) in [7, 11) is 3.32.